The van der Waals surface area contributed by atoms with Crippen LogP contribution in [0, 0.1) is 0 Å². The van der Waals surface area contributed by atoms with Crippen LogP contribution in [0.1, 0.15) is 6.42 Å². The number of halogens is 2. The first kappa shape index (κ1) is 9.60. The van der Waals surface area contributed by atoms with Gasteiger partial charge >= 0.3 is 6.05 Å². The third kappa shape index (κ3) is 2.25. The van der Waals surface area contributed by atoms with Crippen molar-refractivity contribution in [3.63, 3.8) is 0 Å². The summed E-state index contributed by atoms with van der Waals surface area (Å²) in [5.41, 5.74) is 4.22. The second-order valence-corrected chi connectivity index (χ2v) is 4.95. The van der Waals surface area contributed by atoms with Crippen LogP contribution in [0.3, 0.4) is 0 Å². The first-order valence-electron chi connectivity index (χ1n) is 3.38. The zero-order valence-corrected chi connectivity index (χ0v) is 7.07. The molecule has 0 aromatic carbocycles. The highest BCUT2D eigenvalue weighted by molar-refractivity contribution is 7.91. The van der Waals surface area contributed by atoms with E-state index < -0.39 is 15.9 Å². The van der Waals surface area contributed by atoms with E-state index in [0.717, 1.165) is 6.08 Å². The largest absolute Gasteiger partial charge is 0.323 e. The van der Waals surface area contributed by atoms with Crippen LogP contribution in [0.2, 0.25) is 0 Å². The average Bonchev–Trinajstić information content (AvgIpc) is 1.83. The highest BCUT2D eigenvalue weighted by atomic mass is 32.2. The summed E-state index contributed by atoms with van der Waals surface area (Å²) in [5.74, 6) is -0.555. The van der Waals surface area contributed by atoms with Crippen LogP contribution >= 0.6 is 0 Å². The van der Waals surface area contributed by atoms with Crippen molar-refractivity contribution < 1.29 is 17.2 Å². The normalized spacial score (nSPS) is 23.4. The lowest BCUT2D eigenvalue weighted by atomic mass is 10.1. The van der Waals surface area contributed by atoms with Crippen molar-refractivity contribution in [2.75, 3.05) is 11.5 Å². The minimum absolute atomic E-state index is 0.161. The molecule has 12 heavy (non-hydrogen) atoms. The summed E-state index contributed by atoms with van der Waals surface area (Å²) >= 11 is 0. The smallest absolute Gasteiger partial charge is 0.268 e. The predicted octanol–water partition coefficient (Wildman–Crippen LogP) is 0.283. The Morgan fingerprint density at radius 1 is 1.50 bits per heavy atom. The van der Waals surface area contributed by atoms with Gasteiger partial charge in [0, 0.05) is 5.57 Å². The Bertz CT molecular complexity index is 302. The Balaban J connectivity index is 2.82. The van der Waals surface area contributed by atoms with Crippen molar-refractivity contribution in [3.8, 4) is 0 Å². The molecule has 1 rings (SSSR count). The Morgan fingerprint density at radius 3 is 2.42 bits per heavy atom. The predicted molar refractivity (Wildman–Crippen MR) is 40.5 cm³/mol. The van der Waals surface area contributed by atoms with Crippen molar-refractivity contribution in [3.05, 3.63) is 11.6 Å². The molecule has 0 atom stereocenters. The van der Waals surface area contributed by atoms with Gasteiger partial charge in [0.05, 0.1) is 11.5 Å². The first-order valence-corrected chi connectivity index (χ1v) is 5.20. The lowest BCUT2D eigenvalue weighted by Crippen LogP contribution is -2.34. The van der Waals surface area contributed by atoms with Gasteiger partial charge in [0.25, 0.3) is 0 Å². The summed E-state index contributed by atoms with van der Waals surface area (Å²) < 4.78 is 46.3. The zero-order chi connectivity index (χ0) is 9.41. The molecule has 0 saturated heterocycles. The van der Waals surface area contributed by atoms with Crippen LogP contribution in [0.5, 0.6) is 0 Å². The van der Waals surface area contributed by atoms with E-state index in [1.807, 2.05) is 0 Å². The van der Waals surface area contributed by atoms with Crippen LogP contribution < -0.4 is 5.73 Å². The number of rotatable bonds is 1. The number of hydrogen-bond donors (Lipinski definition) is 1. The molecular weight excluding hydrogens is 188 g/mol. The quantitative estimate of drug-likeness (QED) is 0.485. The highest BCUT2D eigenvalue weighted by Gasteiger charge is 2.31. The third-order valence-corrected chi connectivity index (χ3v) is 3.19. The Morgan fingerprint density at radius 2 is 2.08 bits per heavy atom. The summed E-state index contributed by atoms with van der Waals surface area (Å²) in [7, 11) is -3.14. The molecule has 1 aliphatic rings. The van der Waals surface area contributed by atoms with Crippen molar-refractivity contribution >= 4 is 9.84 Å². The van der Waals surface area contributed by atoms with E-state index in [9.17, 15) is 17.2 Å². The maximum Gasteiger partial charge on any atom is 0.323 e. The number of sulfone groups is 1. The lowest BCUT2D eigenvalue weighted by Gasteiger charge is -2.18. The standard InChI is InChI=1S/C6H9F2NO2S/c7-6(8,9)5-1-3-12(10,11)4-2-5/h1H,2-4,9H2. The summed E-state index contributed by atoms with van der Waals surface area (Å²) in [4.78, 5) is 0. The molecule has 0 fully saturated rings. The molecule has 70 valence electrons. The SMILES string of the molecule is NC(F)(F)C1=CCS(=O)(=O)CC1. The van der Waals surface area contributed by atoms with Crippen molar-refractivity contribution in [1.82, 2.24) is 0 Å². The summed E-state index contributed by atoms with van der Waals surface area (Å²) in [6.07, 6.45) is 0.838. The Kier molecular flexibility index (Phi) is 2.22. The first-order chi connectivity index (χ1) is 5.31. The molecule has 0 aromatic heterocycles. The monoisotopic (exact) mass is 197 g/mol. The Hall–Kier alpha value is -0.490. The van der Waals surface area contributed by atoms with E-state index in [1.54, 1.807) is 0 Å². The van der Waals surface area contributed by atoms with E-state index in [2.05, 4.69) is 5.73 Å². The number of hydrogen-bond acceptors (Lipinski definition) is 3. The fourth-order valence-electron chi connectivity index (χ4n) is 0.981. The van der Waals surface area contributed by atoms with E-state index in [4.69, 9.17) is 0 Å². The van der Waals surface area contributed by atoms with Crippen LogP contribution in [-0.4, -0.2) is 26.0 Å². The van der Waals surface area contributed by atoms with Crippen molar-refractivity contribution in [1.29, 1.82) is 0 Å². The van der Waals surface area contributed by atoms with Gasteiger partial charge in [0.15, 0.2) is 9.84 Å². The van der Waals surface area contributed by atoms with E-state index in [0.29, 0.717) is 0 Å². The molecule has 0 amide bonds. The van der Waals surface area contributed by atoms with Crippen LogP contribution in [-0.2, 0) is 9.84 Å². The number of nitrogens with two attached hydrogens (primary N) is 1. The molecule has 2 N–H and O–H groups in total. The zero-order valence-electron chi connectivity index (χ0n) is 6.26. The molecular formula is C6H9F2NO2S. The van der Waals surface area contributed by atoms with Crippen LogP contribution in [0.25, 0.3) is 0 Å². The van der Waals surface area contributed by atoms with Gasteiger partial charge in [-0.05, 0) is 6.42 Å². The summed E-state index contributed by atoms with van der Waals surface area (Å²) in [6, 6.07) is -3.37. The topological polar surface area (TPSA) is 60.2 Å². The summed E-state index contributed by atoms with van der Waals surface area (Å²) in [6.45, 7) is 0. The van der Waals surface area contributed by atoms with Crippen LogP contribution in [0.4, 0.5) is 8.78 Å². The van der Waals surface area contributed by atoms with Crippen molar-refractivity contribution in [2.24, 2.45) is 5.73 Å². The molecule has 3 nitrogen and oxygen atoms in total. The minimum Gasteiger partial charge on any atom is -0.268 e. The van der Waals surface area contributed by atoms with E-state index in [1.165, 1.54) is 0 Å². The average molecular weight is 197 g/mol. The molecule has 0 bridgehead atoms. The van der Waals surface area contributed by atoms with Gasteiger partial charge in [-0.15, -0.1) is 0 Å². The maximum absolute atomic E-state index is 12.4. The van der Waals surface area contributed by atoms with Crippen LogP contribution in [0.15, 0.2) is 11.6 Å². The third-order valence-electron chi connectivity index (χ3n) is 1.69. The van der Waals surface area contributed by atoms with Gasteiger partial charge in [-0.25, -0.2) is 8.42 Å². The second kappa shape index (κ2) is 2.77. The molecule has 0 spiro atoms. The fraction of sp³-hybridized carbons (Fsp3) is 0.667. The van der Waals surface area contributed by atoms with Gasteiger partial charge in [0.2, 0.25) is 0 Å². The van der Waals surface area contributed by atoms with Gasteiger partial charge in [-0.3, -0.25) is 5.73 Å². The molecule has 0 aliphatic carbocycles. The minimum atomic E-state index is -3.37. The fourth-order valence-corrected chi connectivity index (χ4v) is 2.13. The van der Waals surface area contributed by atoms with E-state index >= 15 is 0 Å². The second-order valence-electron chi connectivity index (χ2n) is 2.72. The molecule has 1 heterocycles. The number of alkyl halides is 2. The molecule has 0 unspecified atom stereocenters. The van der Waals surface area contributed by atoms with Gasteiger partial charge < -0.3 is 0 Å². The molecule has 0 radical (unpaired) electrons. The lowest BCUT2D eigenvalue weighted by molar-refractivity contribution is 0.0460. The van der Waals surface area contributed by atoms with Gasteiger partial charge in [-0.2, -0.15) is 8.78 Å². The molecule has 6 heteroatoms. The van der Waals surface area contributed by atoms with Crippen molar-refractivity contribution in [2.45, 2.75) is 12.5 Å². The van der Waals surface area contributed by atoms with Gasteiger partial charge in [0.1, 0.15) is 0 Å². The highest BCUT2D eigenvalue weighted by Crippen LogP contribution is 2.24. The Labute approximate surface area is 69.2 Å². The van der Waals surface area contributed by atoms with Gasteiger partial charge in [-0.1, -0.05) is 6.08 Å². The summed E-state index contributed by atoms with van der Waals surface area (Å²) in [5, 5.41) is 0. The molecule has 0 aromatic rings. The molecule has 1 aliphatic heterocycles. The molecule has 0 saturated carbocycles. The van der Waals surface area contributed by atoms with E-state index in [-0.39, 0.29) is 23.5 Å². The maximum atomic E-state index is 12.4.